The standard InChI is InChI=1S/C17H22N2O/c1-17(2,3)15-9-10-19(12-14(15)16(18)20)11-13-7-5-4-6-8-13/h4-10,12,15H,11H2,1-3H3,(H2,18,20). The Kier molecular flexibility index (Phi) is 3.98. The Balaban J connectivity index is 2.21. The largest absolute Gasteiger partial charge is 0.366 e. The first-order valence-electron chi connectivity index (χ1n) is 6.87. The molecular formula is C17H22N2O. The molecule has 1 aliphatic rings. The summed E-state index contributed by atoms with van der Waals surface area (Å²) in [6.07, 6.45) is 5.99. The van der Waals surface area contributed by atoms with E-state index in [1.54, 1.807) is 0 Å². The number of primary amides is 1. The van der Waals surface area contributed by atoms with Crippen molar-refractivity contribution in [2.45, 2.75) is 27.3 Å². The molecule has 1 atom stereocenters. The number of hydrogen-bond donors (Lipinski definition) is 1. The van der Waals surface area contributed by atoms with Gasteiger partial charge in [-0.2, -0.15) is 0 Å². The van der Waals surface area contributed by atoms with Gasteiger partial charge in [0.2, 0.25) is 5.91 Å². The van der Waals surface area contributed by atoms with Crippen LogP contribution in [0.4, 0.5) is 0 Å². The van der Waals surface area contributed by atoms with E-state index in [2.05, 4.69) is 39.0 Å². The number of rotatable bonds is 3. The maximum atomic E-state index is 11.7. The van der Waals surface area contributed by atoms with Crippen LogP contribution in [0.15, 0.2) is 54.4 Å². The lowest BCUT2D eigenvalue weighted by Gasteiger charge is -2.33. The molecular weight excluding hydrogens is 248 g/mol. The van der Waals surface area contributed by atoms with Gasteiger partial charge in [0.05, 0.1) is 0 Å². The molecule has 0 aromatic heterocycles. The van der Waals surface area contributed by atoms with Gasteiger partial charge in [0.15, 0.2) is 0 Å². The van der Waals surface area contributed by atoms with Crippen LogP contribution < -0.4 is 5.73 Å². The summed E-state index contributed by atoms with van der Waals surface area (Å²) in [6.45, 7) is 7.09. The van der Waals surface area contributed by atoms with Gasteiger partial charge in [-0.3, -0.25) is 4.79 Å². The van der Waals surface area contributed by atoms with Gasteiger partial charge >= 0.3 is 0 Å². The van der Waals surface area contributed by atoms with Gasteiger partial charge in [-0.1, -0.05) is 57.2 Å². The molecule has 2 rings (SSSR count). The zero-order valence-corrected chi connectivity index (χ0v) is 12.3. The lowest BCUT2D eigenvalue weighted by Crippen LogP contribution is -2.32. The van der Waals surface area contributed by atoms with Crippen LogP contribution in [-0.4, -0.2) is 10.8 Å². The molecule has 1 aromatic carbocycles. The fraction of sp³-hybridized carbons (Fsp3) is 0.353. The zero-order chi connectivity index (χ0) is 14.8. The molecule has 2 N–H and O–H groups in total. The van der Waals surface area contributed by atoms with Crippen molar-refractivity contribution in [3.8, 4) is 0 Å². The minimum absolute atomic E-state index is 0.0177. The van der Waals surface area contributed by atoms with E-state index in [9.17, 15) is 4.79 Å². The number of allylic oxidation sites excluding steroid dienone is 1. The molecule has 0 radical (unpaired) electrons. The van der Waals surface area contributed by atoms with E-state index in [0.717, 1.165) is 6.54 Å². The Bertz CT molecular complexity index is 538. The van der Waals surface area contributed by atoms with Crippen molar-refractivity contribution in [3.05, 3.63) is 59.9 Å². The van der Waals surface area contributed by atoms with E-state index in [0.29, 0.717) is 5.57 Å². The van der Waals surface area contributed by atoms with Gasteiger partial charge in [0.25, 0.3) is 0 Å². The summed E-state index contributed by atoms with van der Waals surface area (Å²) in [4.78, 5) is 13.7. The van der Waals surface area contributed by atoms with E-state index in [-0.39, 0.29) is 17.2 Å². The Hall–Kier alpha value is -2.03. The molecule has 0 bridgehead atoms. The number of hydrogen-bond acceptors (Lipinski definition) is 2. The van der Waals surface area contributed by atoms with Gasteiger partial charge in [-0.15, -0.1) is 0 Å². The van der Waals surface area contributed by atoms with Crippen LogP contribution in [0.2, 0.25) is 0 Å². The molecule has 3 heteroatoms. The fourth-order valence-corrected chi connectivity index (χ4v) is 2.47. The van der Waals surface area contributed by atoms with E-state index < -0.39 is 0 Å². The molecule has 0 aliphatic carbocycles. The molecule has 1 aliphatic heterocycles. The average Bonchev–Trinajstić information content (AvgIpc) is 2.38. The second kappa shape index (κ2) is 5.53. The van der Waals surface area contributed by atoms with Crippen molar-refractivity contribution < 1.29 is 4.79 Å². The number of carbonyl (C=O) groups is 1. The number of nitrogens with two attached hydrogens (primary N) is 1. The molecule has 1 heterocycles. The van der Waals surface area contributed by atoms with Gasteiger partial charge < -0.3 is 10.6 Å². The summed E-state index contributed by atoms with van der Waals surface area (Å²) >= 11 is 0. The highest BCUT2D eigenvalue weighted by Gasteiger charge is 2.31. The summed E-state index contributed by atoms with van der Waals surface area (Å²) in [7, 11) is 0. The number of amides is 1. The maximum absolute atomic E-state index is 11.7. The van der Waals surface area contributed by atoms with Crippen molar-refractivity contribution in [2.24, 2.45) is 17.1 Å². The normalized spacial score (nSPS) is 18.9. The Morgan fingerprint density at radius 1 is 1.25 bits per heavy atom. The summed E-state index contributed by atoms with van der Waals surface area (Å²) in [5.74, 6) is -0.278. The Labute approximate surface area is 120 Å². The molecule has 0 saturated heterocycles. The topological polar surface area (TPSA) is 46.3 Å². The van der Waals surface area contributed by atoms with Gasteiger partial charge in [0.1, 0.15) is 0 Å². The highest BCUT2D eigenvalue weighted by atomic mass is 16.1. The van der Waals surface area contributed by atoms with Crippen molar-refractivity contribution in [1.82, 2.24) is 4.90 Å². The first-order valence-corrected chi connectivity index (χ1v) is 6.87. The third-order valence-electron chi connectivity index (χ3n) is 3.54. The highest BCUT2D eigenvalue weighted by molar-refractivity contribution is 5.93. The Morgan fingerprint density at radius 2 is 1.90 bits per heavy atom. The summed E-state index contributed by atoms with van der Waals surface area (Å²) in [5.41, 5.74) is 7.40. The smallest absolute Gasteiger partial charge is 0.246 e. The third-order valence-corrected chi connectivity index (χ3v) is 3.54. The highest BCUT2D eigenvalue weighted by Crippen LogP contribution is 2.35. The first-order chi connectivity index (χ1) is 9.38. The van der Waals surface area contributed by atoms with E-state index in [1.165, 1.54) is 5.56 Å². The third kappa shape index (κ3) is 3.29. The van der Waals surface area contributed by atoms with Crippen molar-refractivity contribution >= 4 is 5.91 Å². The number of benzene rings is 1. The first kappa shape index (κ1) is 14.4. The molecule has 1 unspecified atom stereocenters. The molecule has 106 valence electrons. The predicted octanol–water partition coefficient (Wildman–Crippen LogP) is 3.05. The zero-order valence-electron chi connectivity index (χ0n) is 12.3. The van der Waals surface area contributed by atoms with Crippen LogP contribution >= 0.6 is 0 Å². The van der Waals surface area contributed by atoms with Gasteiger partial charge in [-0.25, -0.2) is 0 Å². The van der Waals surface area contributed by atoms with Crippen LogP contribution in [0.5, 0.6) is 0 Å². The summed E-state index contributed by atoms with van der Waals surface area (Å²) in [5, 5.41) is 0. The van der Waals surface area contributed by atoms with E-state index in [4.69, 9.17) is 5.73 Å². The average molecular weight is 270 g/mol. The van der Waals surface area contributed by atoms with E-state index in [1.807, 2.05) is 35.5 Å². The second-order valence-electron chi connectivity index (χ2n) is 6.29. The predicted molar refractivity (Wildman–Crippen MR) is 81.3 cm³/mol. The Morgan fingerprint density at radius 3 is 2.45 bits per heavy atom. The fourth-order valence-electron chi connectivity index (χ4n) is 2.47. The quantitative estimate of drug-likeness (QED) is 0.917. The molecule has 1 aromatic rings. The molecule has 0 saturated carbocycles. The van der Waals surface area contributed by atoms with Crippen molar-refractivity contribution in [3.63, 3.8) is 0 Å². The lowest BCUT2D eigenvalue weighted by atomic mass is 9.75. The summed E-state index contributed by atoms with van der Waals surface area (Å²) in [6, 6.07) is 10.2. The van der Waals surface area contributed by atoms with Crippen LogP contribution in [-0.2, 0) is 11.3 Å². The molecule has 1 amide bonds. The summed E-state index contributed by atoms with van der Waals surface area (Å²) < 4.78 is 0. The molecule has 0 fully saturated rings. The van der Waals surface area contributed by atoms with Crippen molar-refractivity contribution in [1.29, 1.82) is 0 Å². The minimum atomic E-state index is -0.340. The van der Waals surface area contributed by atoms with Crippen LogP contribution in [0.25, 0.3) is 0 Å². The van der Waals surface area contributed by atoms with Crippen LogP contribution in [0.3, 0.4) is 0 Å². The lowest BCUT2D eigenvalue weighted by molar-refractivity contribution is -0.115. The second-order valence-corrected chi connectivity index (χ2v) is 6.29. The van der Waals surface area contributed by atoms with Gasteiger partial charge in [0, 0.05) is 30.4 Å². The minimum Gasteiger partial charge on any atom is -0.366 e. The molecule has 3 nitrogen and oxygen atoms in total. The van der Waals surface area contributed by atoms with Gasteiger partial charge in [-0.05, 0) is 11.0 Å². The monoisotopic (exact) mass is 270 g/mol. The molecule has 20 heavy (non-hydrogen) atoms. The molecule has 0 spiro atoms. The van der Waals surface area contributed by atoms with Crippen LogP contribution in [0.1, 0.15) is 26.3 Å². The van der Waals surface area contributed by atoms with Crippen LogP contribution in [0, 0.1) is 11.3 Å². The number of nitrogens with zero attached hydrogens (tertiary/aromatic N) is 1. The number of carbonyl (C=O) groups excluding carboxylic acids is 1. The van der Waals surface area contributed by atoms with E-state index >= 15 is 0 Å². The van der Waals surface area contributed by atoms with Crippen molar-refractivity contribution in [2.75, 3.05) is 0 Å². The maximum Gasteiger partial charge on any atom is 0.246 e. The SMILES string of the molecule is CC(C)(C)C1C=CN(Cc2ccccc2)C=C1C(N)=O.